The van der Waals surface area contributed by atoms with Crippen molar-refractivity contribution in [1.82, 2.24) is 5.32 Å². The molecular formula is C17H29NO. The Hall–Kier alpha value is -1.02. The molecule has 1 rings (SSSR count). The maximum absolute atomic E-state index is 5.69. The smallest absolute Gasteiger partial charge is 0.119 e. The predicted molar refractivity (Wildman–Crippen MR) is 82.9 cm³/mol. The number of hydrogen-bond acceptors (Lipinski definition) is 2. The molecule has 0 amide bonds. The highest BCUT2D eigenvalue weighted by Crippen LogP contribution is 2.26. The standard InChI is InChI=1S/C17H29NO/c1-7-18-17(12(2)3)14(6)15-8-10-16(11-9-15)19-13(4)5/h8-14,17-18H,7H2,1-6H3. The Kier molecular flexibility index (Phi) is 6.36. The van der Waals surface area contributed by atoms with Crippen LogP contribution in [0.25, 0.3) is 0 Å². The largest absolute Gasteiger partial charge is 0.491 e. The van der Waals surface area contributed by atoms with E-state index >= 15 is 0 Å². The van der Waals surface area contributed by atoms with Crippen molar-refractivity contribution in [3.05, 3.63) is 29.8 Å². The van der Waals surface area contributed by atoms with Gasteiger partial charge in [-0.3, -0.25) is 0 Å². The summed E-state index contributed by atoms with van der Waals surface area (Å²) in [5.41, 5.74) is 1.37. The van der Waals surface area contributed by atoms with E-state index in [1.54, 1.807) is 0 Å². The van der Waals surface area contributed by atoms with Crippen LogP contribution in [0.5, 0.6) is 5.75 Å². The van der Waals surface area contributed by atoms with Crippen LogP contribution in [-0.2, 0) is 0 Å². The molecular weight excluding hydrogens is 234 g/mol. The summed E-state index contributed by atoms with van der Waals surface area (Å²) < 4.78 is 5.69. The number of nitrogens with one attached hydrogen (secondary N) is 1. The monoisotopic (exact) mass is 263 g/mol. The Morgan fingerprint density at radius 3 is 2.00 bits per heavy atom. The van der Waals surface area contributed by atoms with Crippen molar-refractivity contribution in [2.24, 2.45) is 5.92 Å². The second-order valence-electron chi connectivity index (χ2n) is 5.85. The lowest BCUT2D eigenvalue weighted by Gasteiger charge is -2.28. The topological polar surface area (TPSA) is 21.3 Å². The van der Waals surface area contributed by atoms with E-state index in [-0.39, 0.29) is 6.10 Å². The van der Waals surface area contributed by atoms with Gasteiger partial charge in [-0.2, -0.15) is 0 Å². The molecule has 1 aromatic rings. The van der Waals surface area contributed by atoms with Crippen molar-refractivity contribution in [2.45, 2.75) is 59.6 Å². The molecule has 19 heavy (non-hydrogen) atoms. The molecule has 2 nitrogen and oxygen atoms in total. The maximum atomic E-state index is 5.69. The molecule has 0 radical (unpaired) electrons. The highest BCUT2D eigenvalue weighted by molar-refractivity contribution is 5.30. The van der Waals surface area contributed by atoms with Crippen molar-refractivity contribution in [3.63, 3.8) is 0 Å². The molecule has 0 aliphatic carbocycles. The Balaban J connectivity index is 2.78. The summed E-state index contributed by atoms with van der Waals surface area (Å²) in [7, 11) is 0. The van der Waals surface area contributed by atoms with Gasteiger partial charge in [-0.25, -0.2) is 0 Å². The van der Waals surface area contributed by atoms with Crippen LogP contribution in [0.15, 0.2) is 24.3 Å². The van der Waals surface area contributed by atoms with Crippen molar-refractivity contribution < 1.29 is 4.74 Å². The highest BCUT2D eigenvalue weighted by atomic mass is 16.5. The van der Waals surface area contributed by atoms with Gasteiger partial charge in [-0.15, -0.1) is 0 Å². The third-order valence-electron chi connectivity index (χ3n) is 3.47. The molecule has 2 heteroatoms. The second-order valence-corrected chi connectivity index (χ2v) is 5.85. The van der Waals surface area contributed by atoms with Crippen molar-refractivity contribution in [3.8, 4) is 5.75 Å². The molecule has 0 aliphatic rings. The number of rotatable bonds is 7. The van der Waals surface area contributed by atoms with E-state index < -0.39 is 0 Å². The van der Waals surface area contributed by atoms with Gasteiger partial charge in [0.05, 0.1) is 6.10 Å². The van der Waals surface area contributed by atoms with Gasteiger partial charge in [-0.05, 0) is 49.9 Å². The van der Waals surface area contributed by atoms with E-state index in [1.165, 1.54) is 5.56 Å². The number of likely N-dealkylation sites (N-methyl/N-ethyl adjacent to an activating group) is 1. The minimum atomic E-state index is 0.230. The fraction of sp³-hybridized carbons (Fsp3) is 0.647. The van der Waals surface area contributed by atoms with Gasteiger partial charge in [0.25, 0.3) is 0 Å². The summed E-state index contributed by atoms with van der Waals surface area (Å²) in [5.74, 6) is 2.09. The van der Waals surface area contributed by atoms with E-state index in [2.05, 4.69) is 71.1 Å². The lowest BCUT2D eigenvalue weighted by molar-refractivity contribution is 0.242. The molecule has 0 aromatic heterocycles. The first kappa shape index (κ1) is 16.0. The van der Waals surface area contributed by atoms with Gasteiger partial charge in [0.2, 0.25) is 0 Å². The third kappa shape index (κ3) is 4.87. The van der Waals surface area contributed by atoms with E-state index in [4.69, 9.17) is 4.74 Å². The first-order valence-electron chi connectivity index (χ1n) is 7.45. The molecule has 0 aliphatic heterocycles. The molecule has 0 bridgehead atoms. The molecule has 2 unspecified atom stereocenters. The number of benzene rings is 1. The molecule has 0 saturated heterocycles. The first-order valence-corrected chi connectivity index (χ1v) is 7.45. The van der Waals surface area contributed by atoms with Gasteiger partial charge >= 0.3 is 0 Å². The van der Waals surface area contributed by atoms with Crippen molar-refractivity contribution >= 4 is 0 Å². The van der Waals surface area contributed by atoms with Crippen LogP contribution >= 0.6 is 0 Å². The third-order valence-corrected chi connectivity index (χ3v) is 3.47. The Morgan fingerprint density at radius 2 is 1.58 bits per heavy atom. The Morgan fingerprint density at radius 1 is 1.00 bits per heavy atom. The average molecular weight is 263 g/mol. The Bertz CT molecular complexity index is 356. The van der Waals surface area contributed by atoms with Gasteiger partial charge in [0, 0.05) is 6.04 Å². The van der Waals surface area contributed by atoms with Crippen LogP contribution in [0.2, 0.25) is 0 Å². The van der Waals surface area contributed by atoms with Gasteiger partial charge < -0.3 is 10.1 Å². The van der Waals surface area contributed by atoms with Crippen LogP contribution in [0, 0.1) is 5.92 Å². The van der Waals surface area contributed by atoms with Crippen LogP contribution < -0.4 is 10.1 Å². The zero-order chi connectivity index (χ0) is 14.4. The van der Waals surface area contributed by atoms with Crippen LogP contribution in [0.3, 0.4) is 0 Å². The SMILES string of the molecule is CCNC(C(C)C)C(C)c1ccc(OC(C)C)cc1. The van der Waals surface area contributed by atoms with Crippen molar-refractivity contribution in [1.29, 1.82) is 0 Å². The summed E-state index contributed by atoms with van der Waals surface area (Å²) >= 11 is 0. The number of ether oxygens (including phenoxy) is 1. The van der Waals surface area contributed by atoms with Crippen LogP contribution in [0.1, 0.15) is 53.0 Å². The van der Waals surface area contributed by atoms with Gasteiger partial charge in [0.15, 0.2) is 0 Å². The molecule has 1 aromatic carbocycles. The van der Waals surface area contributed by atoms with E-state index in [9.17, 15) is 0 Å². The minimum absolute atomic E-state index is 0.230. The lowest BCUT2D eigenvalue weighted by atomic mass is 9.86. The minimum Gasteiger partial charge on any atom is -0.491 e. The van der Waals surface area contributed by atoms with Crippen molar-refractivity contribution in [2.75, 3.05) is 6.54 Å². The van der Waals surface area contributed by atoms with Gasteiger partial charge in [0.1, 0.15) is 5.75 Å². The summed E-state index contributed by atoms with van der Waals surface area (Å²) in [5, 5.41) is 3.60. The fourth-order valence-electron chi connectivity index (χ4n) is 2.55. The van der Waals surface area contributed by atoms with Crippen LogP contribution in [-0.4, -0.2) is 18.7 Å². The predicted octanol–water partition coefficient (Wildman–Crippen LogP) is 4.21. The summed E-state index contributed by atoms with van der Waals surface area (Å²) in [4.78, 5) is 0. The molecule has 0 saturated carbocycles. The summed E-state index contributed by atoms with van der Waals surface area (Å²) in [6, 6.07) is 9.05. The van der Waals surface area contributed by atoms with Gasteiger partial charge in [-0.1, -0.05) is 39.8 Å². The summed E-state index contributed by atoms with van der Waals surface area (Å²) in [6.45, 7) is 14.1. The molecule has 0 fully saturated rings. The first-order chi connectivity index (χ1) is 8.95. The molecule has 0 heterocycles. The zero-order valence-electron chi connectivity index (χ0n) is 13.2. The van der Waals surface area contributed by atoms with Crippen LogP contribution in [0.4, 0.5) is 0 Å². The Labute approximate surface area is 118 Å². The average Bonchev–Trinajstić information content (AvgIpc) is 2.35. The van der Waals surface area contributed by atoms with E-state index in [1.807, 2.05) is 0 Å². The molecule has 1 N–H and O–H groups in total. The zero-order valence-corrected chi connectivity index (χ0v) is 13.2. The van der Waals surface area contributed by atoms with E-state index in [0.29, 0.717) is 17.9 Å². The fourth-order valence-corrected chi connectivity index (χ4v) is 2.55. The normalized spacial score (nSPS) is 14.7. The molecule has 108 valence electrons. The number of hydrogen-bond donors (Lipinski definition) is 1. The maximum Gasteiger partial charge on any atom is 0.119 e. The molecule has 2 atom stereocenters. The quantitative estimate of drug-likeness (QED) is 0.795. The highest BCUT2D eigenvalue weighted by Gasteiger charge is 2.21. The second kappa shape index (κ2) is 7.54. The van der Waals surface area contributed by atoms with E-state index in [0.717, 1.165) is 12.3 Å². The lowest BCUT2D eigenvalue weighted by Crippen LogP contribution is -2.38. The summed E-state index contributed by atoms with van der Waals surface area (Å²) in [6.07, 6.45) is 0.230. The molecule has 0 spiro atoms.